The van der Waals surface area contributed by atoms with Crippen LogP contribution in [0.25, 0.3) is 0 Å². The van der Waals surface area contributed by atoms with Gasteiger partial charge in [-0.3, -0.25) is 14.4 Å². The Morgan fingerprint density at radius 1 is 0.263 bits per heavy atom. The van der Waals surface area contributed by atoms with Crippen molar-refractivity contribution < 1.29 is 28.6 Å². The molecule has 0 saturated carbocycles. The van der Waals surface area contributed by atoms with Gasteiger partial charge in [-0.1, -0.05) is 325 Å². The topological polar surface area (TPSA) is 78.9 Å². The maximum Gasteiger partial charge on any atom is 0.306 e. The zero-order chi connectivity index (χ0) is 57.8. The first kappa shape index (κ1) is 76.9. The Morgan fingerprint density at radius 3 is 0.800 bits per heavy atom. The fourth-order valence-corrected chi connectivity index (χ4v) is 10.2. The van der Waals surface area contributed by atoms with E-state index >= 15 is 0 Å². The second-order valence-electron chi connectivity index (χ2n) is 23.4. The van der Waals surface area contributed by atoms with Crippen LogP contribution in [0.1, 0.15) is 361 Å². The Labute approximate surface area is 497 Å². The minimum atomic E-state index is -0.789. The van der Waals surface area contributed by atoms with Gasteiger partial charge in [0.2, 0.25) is 0 Å². The summed E-state index contributed by atoms with van der Waals surface area (Å²) in [7, 11) is 0. The quantitative estimate of drug-likeness (QED) is 0.0261. The van der Waals surface area contributed by atoms with Gasteiger partial charge in [-0.25, -0.2) is 0 Å². The summed E-state index contributed by atoms with van der Waals surface area (Å²) in [5.74, 6) is -0.894. The molecule has 0 aromatic heterocycles. The first-order valence-corrected chi connectivity index (χ1v) is 34.9. The molecule has 6 heteroatoms. The van der Waals surface area contributed by atoms with Crippen LogP contribution >= 0.6 is 0 Å². The number of esters is 3. The van der Waals surface area contributed by atoms with Crippen LogP contribution in [0.15, 0.2) is 72.9 Å². The summed E-state index contributed by atoms with van der Waals surface area (Å²) in [6.45, 7) is 6.53. The highest BCUT2D eigenvalue weighted by molar-refractivity contribution is 5.71. The van der Waals surface area contributed by atoms with E-state index in [4.69, 9.17) is 14.2 Å². The number of rotatable bonds is 64. The number of allylic oxidation sites excluding steroid dienone is 12. The Bertz CT molecular complexity index is 1470. The molecule has 1 unspecified atom stereocenters. The Balaban J connectivity index is 4.22. The third-order valence-electron chi connectivity index (χ3n) is 15.4. The molecule has 0 bridgehead atoms. The van der Waals surface area contributed by atoms with E-state index in [1.165, 1.54) is 205 Å². The van der Waals surface area contributed by atoms with Gasteiger partial charge in [0.05, 0.1) is 0 Å². The summed E-state index contributed by atoms with van der Waals surface area (Å²) in [6, 6.07) is 0. The molecule has 0 aliphatic carbocycles. The number of hydrogen-bond acceptors (Lipinski definition) is 6. The van der Waals surface area contributed by atoms with Gasteiger partial charge in [-0.2, -0.15) is 0 Å². The Morgan fingerprint density at radius 2 is 0.487 bits per heavy atom. The van der Waals surface area contributed by atoms with Gasteiger partial charge in [-0.15, -0.1) is 0 Å². The number of carbonyl (C=O) groups is 3. The van der Waals surface area contributed by atoms with Crippen LogP contribution in [0.3, 0.4) is 0 Å². The molecule has 0 heterocycles. The molecule has 0 saturated heterocycles. The fraction of sp³-hybridized carbons (Fsp3) is 0.797. The first-order chi connectivity index (χ1) is 39.5. The van der Waals surface area contributed by atoms with Gasteiger partial charge >= 0.3 is 17.9 Å². The molecule has 0 amide bonds. The number of ether oxygens (including phenoxy) is 3. The number of hydrogen-bond donors (Lipinski definition) is 0. The van der Waals surface area contributed by atoms with E-state index in [0.717, 1.165) is 116 Å². The van der Waals surface area contributed by atoms with E-state index < -0.39 is 6.10 Å². The third kappa shape index (κ3) is 65.7. The average Bonchev–Trinajstić information content (AvgIpc) is 3.46. The lowest BCUT2D eigenvalue weighted by Gasteiger charge is -2.18. The SMILES string of the molecule is CC/C=C\C/C=C\C/C=C\C/C=C\C/C=C\CCCCCCCC(=O)OC(COC(=O)CCCCCCC/C=C\CCCCC)COC(=O)CCCCCCCCCCCCCCCCCCCCCCCCCCCCCCC. The Kier molecular flexibility index (Phi) is 65.7. The van der Waals surface area contributed by atoms with Crippen molar-refractivity contribution >= 4 is 17.9 Å². The maximum atomic E-state index is 12.9. The van der Waals surface area contributed by atoms with E-state index in [-0.39, 0.29) is 31.1 Å². The van der Waals surface area contributed by atoms with Crippen LogP contribution in [0, 0.1) is 0 Å². The van der Waals surface area contributed by atoms with E-state index in [9.17, 15) is 14.4 Å². The van der Waals surface area contributed by atoms with Crippen LogP contribution in [0.4, 0.5) is 0 Å². The standard InChI is InChI=1S/C74H132O6/c1-4-7-10-13-16-19-22-25-27-29-31-33-34-35-36-37-38-39-40-42-43-45-47-49-52-55-58-61-64-67-73(76)79-70-71(69-78-72(75)66-63-60-57-54-51-24-21-18-15-12-9-6-3)80-74(77)68-65-62-59-56-53-50-48-46-44-41-32-30-28-26-23-20-17-14-11-8-5-2/h8,11,17-18,20-21,26,28,32,41,46,48,71H,4-7,9-10,12-16,19,22-25,27,29-31,33-40,42-45,47,49-70H2,1-3H3/b11-8-,20-17-,21-18-,28-26-,41-32-,48-46-. The summed E-state index contributed by atoms with van der Waals surface area (Å²) in [5, 5.41) is 0. The zero-order valence-electron chi connectivity index (χ0n) is 53.3. The molecule has 0 aromatic rings. The van der Waals surface area contributed by atoms with E-state index in [1.54, 1.807) is 0 Å². The molecule has 0 fully saturated rings. The minimum absolute atomic E-state index is 0.0831. The summed E-state index contributed by atoms with van der Waals surface area (Å²) >= 11 is 0. The van der Waals surface area contributed by atoms with Crippen LogP contribution in [-0.4, -0.2) is 37.2 Å². The highest BCUT2D eigenvalue weighted by Crippen LogP contribution is 2.18. The molecular weight excluding hydrogens is 985 g/mol. The highest BCUT2D eigenvalue weighted by Gasteiger charge is 2.19. The summed E-state index contributed by atoms with van der Waals surface area (Å²) in [6.07, 6.45) is 89.4. The highest BCUT2D eigenvalue weighted by atomic mass is 16.6. The van der Waals surface area contributed by atoms with Gasteiger partial charge in [0.25, 0.3) is 0 Å². The normalized spacial score (nSPS) is 12.5. The van der Waals surface area contributed by atoms with Gasteiger partial charge in [-0.05, 0) is 89.9 Å². The van der Waals surface area contributed by atoms with Crippen molar-refractivity contribution in [1.29, 1.82) is 0 Å². The Hall–Kier alpha value is -3.15. The monoisotopic (exact) mass is 1120 g/mol. The van der Waals surface area contributed by atoms with Gasteiger partial charge in [0, 0.05) is 19.3 Å². The van der Waals surface area contributed by atoms with E-state index in [1.807, 2.05) is 0 Å². The predicted molar refractivity (Wildman–Crippen MR) is 348 cm³/mol. The van der Waals surface area contributed by atoms with Crippen LogP contribution < -0.4 is 0 Å². The molecule has 0 N–H and O–H groups in total. The molecule has 0 aliphatic heterocycles. The third-order valence-corrected chi connectivity index (χ3v) is 15.4. The fourth-order valence-electron chi connectivity index (χ4n) is 10.2. The molecule has 0 spiro atoms. The lowest BCUT2D eigenvalue weighted by Crippen LogP contribution is -2.30. The van der Waals surface area contributed by atoms with Gasteiger partial charge in [0.1, 0.15) is 13.2 Å². The van der Waals surface area contributed by atoms with Gasteiger partial charge < -0.3 is 14.2 Å². The van der Waals surface area contributed by atoms with Gasteiger partial charge in [0.15, 0.2) is 6.10 Å². The van der Waals surface area contributed by atoms with Crippen molar-refractivity contribution in [2.24, 2.45) is 0 Å². The van der Waals surface area contributed by atoms with Crippen molar-refractivity contribution in [3.63, 3.8) is 0 Å². The van der Waals surface area contributed by atoms with Crippen molar-refractivity contribution in [2.45, 2.75) is 367 Å². The molecule has 0 aromatic carbocycles. The second kappa shape index (κ2) is 68.3. The van der Waals surface area contributed by atoms with Crippen molar-refractivity contribution in [2.75, 3.05) is 13.2 Å². The largest absolute Gasteiger partial charge is 0.462 e. The summed E-state index contributed by atoms with van der Waals surface area (Å²) in [4.78, 5) is 38.4. The molecule has 0 aliphatic rings. The number of carbonyl (C=O) groups excluding carboxylic acids is 3. The number of unbranched alkanes of at least 4 members (excludes halogenated alkanes) is 41. The minimum Gasteiger partial charge on any atom is -0.462 e. The van der Waals surface area contributed by atoms with Crippen molar-refractivity contribution in [1.82, 2.24) is 0 Å². The lowest BCUT2D eigenvalue weighted by atomic mass is 10.0. The maximum absolute atomic E-state index is 12.9. The van der Waals surface area contributed by atoms with Crippen LogP contribution in [0.2, 0.25) is 0 Å². The molecule has 80 heavy (non-hydrogen) atoms. The predicted octanol–water partition coefficient (Wildman–Crippen LogP) is 24.1. The second-order valence-corrected chi connectivity index (χ2v) is 23.4. The first-order valence-electron chi connectivity index (χ1n) is 34.9. The molecular formula is C74H132O6. The van der Waals surface area contributed by atoms with Crippen LogP contribution in [0.5, 0.6) is 0 Å². The molecule has 0 radical (unpaired) electrons. The smallest absolute Gasteiger partial charge is 0.306 e. The van der Waals surface area contributed by atoms with Crippen molar-refractivity contribution in [3.05, 3.63) is 72.9 Å². The summed E-state index contributed by atoms with van der Waals surface area (Å²) in [5.41, 5.74) is 0. The average molecular weight is 1120 g/mol. The summed E-state index contributed by atoms with van der Waals surface area (Å²) < 4.78 is 16.9. The molecule has 1 atom stereocenters. The molecule has 0 rings (SSSR count). The van der Waals surface area contributed by atoms with Crippen LogP contribution in [-0.2, 0) is 28.6 Å². The van der Waals surface area contributed by atoms with E-state index in [0.29, 0.717) is 19.3 Å². The van der Waals surface area contributed by atoms with Crippen molar-refractivity contribution in [3.8, 4) is 0 Å². The molecule has 6 nitrogen and oxygen atoms in total. The molecule has 464 valence electrons. The zero-order valence-corrected chi connectivity index (χ0v) is 53.3. The lowest BCUT2D eigenvalue weighted by molar-refractivity contribution is -0.167. The van der Waals surface area contributed by atoms with E-state index in [2.05, 4.69) is 93.7 Å².